The van der Waals surface area contributed by atoms with Gasteiger partial charge in [-0.2, -0.15) is 0 Å². The summed E-state index contributed by atoms with van der Waals surface area (Å²) in [6.45, 7) is 1.06. The van der Waals surface area contributed by atoms with Crippen LogP contribution in [0, 0.1) is 0 Å². The maximum absolute atomic E-state index is 12.8. The Morgan fingerprint density at radius 1 is 1.00 bits per heavy atom. The van der Waals surface area contributed by atoms with E-state index in [1.54, 1.807) is 18.2 Å². The van der Waals surface area contributed by atoms with E-state index in [1.165, 1.54) is 0 Å². The molecular weight excluding hydrogens is 372 g/mol. The molecule has 1 atom stereocenters. The molecule has 0 aliphatic carbocycles. The number of hydrogen-bond acceptors (Lipinski definition) is 6. The first-order valence-corrected chi connectivity index (χ1v) is 9.34. The van der Waals surface area contributed by atoms with Crippen molar-refractivity contribution in [2.24, 2.45) is 0 Å². The fourth-order valence-corrected chi connectivity index (χ4v) is 3.66. The van der Waals surface area contributed by atoms with Gasteiger partial charge in [0, 0.05) is 25.2 Å². The van der Waals surface area contributed by atoms with Gasteiger partial charge in [-0.05, 0) is 35.7 Å². The summed E-state index contributed by atoms with van der Waals surface area (Å²) >= 11 is 0. The quantitative estimate of drug-likeness (QED) is 0.515. The molecule has 148 valence electrons. The van der Waals surface area contributed by atoms with Crippen LogP contribution in [0.2, 0.25) is 0 Å². The van der Waals surface area contributed by atoms with Crippen molar-refractivity contribution >= 4 is 29.3 Å². The van der Waals surface area contributed by atoms with Gasteiger partial charge in [0.15, 0.2) is 0 Å². The number of nitrogens with zero attached hydrogens (tertiary/aromatic N) is 1. The van der Waals surface area contributed by atoms with E-state index in [4.69, 9.17) is 5.73 Å². The third kappa shape index (κ3) is 3.50. The van der Waals surface area contributed by atoms with Gasteiger partial charge in [0.25, 0.3) is 11.8 Å². The second-order valence-corrected chi connectivity index (χ2v) is 7.13. The van der Waals surface area contributed by atoms with Crippen molar-refractivity contribution in [3.05, 3.63) is 64.7 Å². The average Bonchev–Trinajstić information content (AvgIpc) is 2.94. The number of benzene rings is 2. The van der Waals surface area contributed by atoms with Crippen LogP contribution < -0.4 is 16.4 Å². The van der Waals surface area contributed by atoms with Gasteiger partial charge in [0.2, 0.25) is 11.8 Å². The zero-order chi connectivity index (χ0) is 20.5. The minimum atomic E-state index is -0.956. The molecular formula is C21H20N4O4. The largest absolute Gasteiger partial charge is 0.398 e. The highest BCUT2D eigenvalue weighted by Crippen LogP contribution is 2.28. The number of rotatable bonds is 5. The van der Waals surface area contributed by atoms with Crippen LogP contribution in [-0.4, -0.2) is 34.6 Å². The number of nitrogens with two attached hydrogens (primary N) is 1. The minimum Gasteiger partial charge on any atom is -0.398 e. The van der Waals surface area contributed by atoms with Crippen molar-refractivity contribution < 1.29 is 19.2 Å². The van der Waals surface area contributed by atoms with E-state index in [0.29, 0.717) is 18.8 Å². The van der Waals surface area contributed by atoms with Crippen molar-refractivity contribution in [2.45, 2.75) is 32.0 Å². The monoisotopic (exact) mass is 392 g/mol. The van der Waals surface area contributed by atoms with E-state index >= 15 is 0 Å². The number of piperidine rings is 1. The van der Waals surface area contributed by atoms with Gasteiger partial charge in [-0.3, -0.25) is 29.4 Å². The van der Waals surface area contributed by atoms with Gasteiger partial charge in [-0.15, -0.1) is 0 Å². The lowest BCUT2D eigenvalue weighted by molar-refractivity contribution is -0.136. The maximum Gasteiger partial charge on any atom is 0.262 e. The zero-order valence-electron chi connectivity index (χ0n) is 15.6. The van der Waals surface area contributed by atoms with Gasteiger partial charge in [0.05, 0.1) is 11.1 Å². The number of carbonyl (C=O) groups excluding carboxylic acids is 4. The SMILES string of the molecule is Nc1ccccc1CNCc1ccc2c(c1)C(=O)N(C1CCC(=O)NC1=O)C2=O. The smallest absolute Gasteiger partial charge is 0.262 e. The number of amides is 4. The molecule has 1 saturated heterocycles. The molecule has 0 bridgehead atoms. The molecule has 0 aromatic heterocycles. The van der Waals surface area contributed by atoms with Gasteiger partial charge < -0.3 is 11.1 Å². The Hall–Kier alpha value is -3.52. The predicted molar refractivity (Wildman–Crippen MR) is 105 cm³/mol. The molecule has 4 rings (SSSR count). The molecule has 1 unspecified atom stereocenters. The zero-order valence-corrected chi connectivity index (χ0v) is 15.6. The van der Waals surface area contributed by atoms with Crippen molar-refractivity contribution in [2.75, 3.05) is 5.73 Å². The standard InChI is InChI=1S/C21H20N4O4/c22-16-4-2-1-3-13(16)11-23-10-12-5-6-14-15(9-12)21(29)25(20(14)28)17-7-8-18(26)24-19(17)27/h1-6,9,17,23H,7-8,10-11,22H2,(H,24,26,27). The topological polar surface area (TPSA) is 122 Å². The molecule has 1 fully saturated rings. The third-order valence-electron chi connectivity index (χ3n) is 5.20. The van der Waals surface area contributed by atoms with Gasteiger partial charge >= 0.3 is 0 Å². The molecule has 29 heavy (non-hydrogen) atoms. The maximum atomic E-state index is 12.8. The van der Waals surface area contributed by atoms with E-state index in [-0.39, 0.29) is 24.0 Å². The molecule has 2 aliphatic heterocycles. The van der Waals surface area contributed by atoms with E-state index in [2.05, 4.69) is 10.6 Å². The summed E-state index contributed by atoms with van der Waals surface area (Å²) in [5.41, 5.74) is 9.00. The molecule has 2 aliphatic rings. The van der Waals surface area contributed by atoms with Gasteiger partial charge in [0.1, 0.15) is 6.04 Å². The molecule has 0 spiro atoms. The summed E-state index contributed by atoms with van der Waals surface area (Å²) in [7, 11) is 0. The summed E-state index contributed by atoms with van der Waals surface area (Å²) in [6, 6.07) is 11.7. The average molecular weight is 392 g/mol. The summed E-state index contributed by atoms with van der Waals surface area (Å²) in [6.07, 6.45) is 0.241. The number of imide groups is 2. The van der Waals surface area contributed by atoms with Crippen LogP contribution >= 0.6 is 0 Å². The number of para-hydroxylation sites is 1. The van der Waals surface area contributed by atoms with Crippen molar-refractivity contribution in [3.63, 3.8) is 0 Å². The molecule has 0 radical (unpaired) electrons. The van der Waals surface area contributed by atoms with Crippen LogP contribution in [0.4, 0.5) is 5.69 Å². The first-order valence-electron chi connectivity index (χ1n) is 9.34. The number of hydrogen-bond donors (Lipinski definition) is 3. The molecule has 8 nitrogen and oxygen atoms in total. The Morgan fingerprint density at radius 3 is 2.52 bits per heavy atom. The first kappa shape index (κ1) is 18.8. The fraction of sp³-hybridized carbons (Fsp3) is 0.238. The van der Waals surface area contributed by atoms with E-state index in [9.17, 15) is 19.2 Å². The number of nitrogen functional groups attached to an aromatic ring is 1. The van der Waals surface area contributed by atoms with Crippen molar-refractivity contribution in [1.82, 2.24) is 15.5 Å². The Labute approximate surface area is 167 Å². The highest BCUT2D eigenvalue weighted by Gasteiger charge is 2.44. The predicted octanol–water partition coefficient (Wildman–Crippen LogP) is 0.960. The summed E-state index contributed by atoms with van der Waals surface area (Å²) in [5.74, 6) is -2.02. The number of carbonyl (C=O) groups is 4. The molecule has 4 N–H and O–H groups in total. The van der Waals surface area contributed by atoms with Crippen molar-refractivity contribution in [3.8, 4) is 0 Å². The Bertz CT molecular complexity index is 1030. The number of fused-ring (bicyclic) bond motifs is 1. The highest BCUT2D eigenvalue weighted by atomic mass is 16.2. The molecule has 2 aromatic rings. The summed E-state index contributed by atoms with van der Waals surface area (Å²) in [5, 5.41) is 5.46. The van der Waals surface area contributed by atoms with Crippen LogP contribution in [0.25, 0.3) is 0 Å². The molecule has 4 amide bonds. The second-order valence-electron chi connectivity index (χ2n) is 7.13. The number of nitrogens with one attached hydrogen (secondary N) is 2. The van der Waals surface area contributed by atoms with Crippen LogP contribution in [0.5, 0.6) is 0 Å². The lowest BCUT2D eigenvalue weighted by Crippen LogP contribution is -2.54. The molecule has 8 heteroatoms. The lowest BCUT2D eigenvalue weighted by Gasteiger charge is -2.27. The Kier molecular flexibility index (Phi) is 4.85. The van der Waals surface area contributed by atoms with Crippen molar-refractivity contribution in [1.29, 1.82) is 0 Å². The highest BCUT2D eigenvalue weighted by molar-refractivity contribution is 6.23. The Morgan fingerprint density at radius 2 is 1.76 bits per heavy atom. The molecule has 0 saturated carbocycles. The van der Waals surface area contributed by atoms with Crippen LogP contribution in [-0.2, 0) is 22.7 Å². The molecule has 2 aromatic carbocycles. The molecule has 2 heterocycles. The first-order chi connectivity index (χ1) is 14.0. The lowest BCUT2D eigenvalue weighted by atomic mass is 10.0. The fourth-order valence-electron chi connectivity index (χ4n) is 3.66. The van der Waals surface area contributed by atoms with Crippen LogP contribution in [0.1, 0.15) is 44.7 Å². The van der Waals surface area contributed by atoms with Gasteiger partial charge in [-0.1, -0.05) is 24.3 Å². The summed E-state index contributed by atoms with van der Waals surface area (Å²) < 4.78 is 0. The third-order valence-corrected chi connectivity index (χ3v) is 5.20. The second kappa shape index (κ2) is 7.48. The van der Waals surface area contributed by atoms with Gasteiger partial charge in [-0.25, -0.2) is 0 Å². The Balaban J connectivity index is 1.47. The summed E-state index contributed by atoms with van der Waals surface area (Å²) in [4.78, 5) is 49.9. The van der Waals surface area contributed by atoms with Crippen LogP contribution in [0.3, 0.4) is 0 Å². The van der Waals surface area contributed by atoms with E-state index in [0.717, 1.165) is 16.0 Å². The normalized spacial score (nSPS) is 18.8. The number of anilines is 1. The van der Waals surface area contributed by atoms with Crippen LogP contribution in [0.15, 0.2) is 42.5 Å². The minimum absolute atomic E-state index is 0.0988. The van der Waals surface area contributed by atoms with E-state index in [1.807, 2.05) is 24.3 Å². The van der Waals surface area contributed by atoms with E-state index < -0.39 is 29.7 Å².